The fraction of sp³-hybridized carbons (Fsp3) is 0.389. The maximum Gasteiger partial charge on any atom is 0.256 e. The number of nitrogens with one attached hydrogen (secondary N) is 1. The van der Waals surface area contributed by atoms with Gasteiger partial charge in [-0.2, -0.15) is 0 Å². The molecule has 0 atom stereocenters. The van der Waals surface area contributed by atoms with Crippen LogP contribution < -0.4 is 10.3 Å². The highest BCUT2D eigenvalue weighted by molar-refractivity contribution is 5.76. The second-order valence-electron chi connectivity index (χ2n) is 5.89. The molecule has 0 bridgehead atoms. The minimum atomic E-state index is -0.174. The second-order valence-corrected chi connectivity index (χ2v) is 5.89. The summed E-state index contributed by atoms with van der Waals surface area (Å²) in [4.78, 5) is 33.7. The number of aromatic nitrogens is 2. The van der Waals surface area contributed by atoms with Crippen LogP contribution in [0.3, 0.4) is 0 Å². The molecule has 1 aliphatic heterocycles. The highest BCUT2D eigenvalue weighted by atomic mass is 16.5. The number of nitrogens with zero attached hydrogens (tertiary/aromatic N) is 2. The van der Waals surface area contributed by atoms with Crippen molar-refractivity contribution in [2.75, 3.05) is 13.7 Å². The van der Waals surface area contributed by atoms with Gasteiger partial charge < -0.3 is 14.6 Å². The molecule has 6 nitrogen and oxygen atoms in total. The Labute approximate surface area is 140 Å². The SMILES string of the molecule is CCCC(=O)N1CCc2nc(-c3cccc(OC)c3)[nH]c(=O)c2C1. The maximum atomic E-state index is 12.5. The van der Waals surface area contributed by atoms with Gasteiger partial charge in [-0.1, -0.05) is 19.1 Å². The van der Waals surface area contributed by atoms with Gasteiger partial charge in [0.15, 0.2) is 0 Å². The van der Waals surface area contributed by atoms with E-state index in [4.69, 9.17) is 4.74 Å². The minimum absolute atomic E-state index is 0.0967. The van der Waals surface area contributed by atoms with Gasteiger partial charge in [-0.3, -0.25) is 9.59 Å². The molecule has 0 saturated heterocycles. The van der Waals surface area contributed by atoms with Crippen molar-refractivity contribution in [1.82, 2.24) is 14.9 Å². The van der Waals surface area contributed by atoms with Crippen LogP contribution in [-0.4, -0.2) is 34.4 Å². The van der Waals surface area contributed by atoms with Crippen LogP contribution in [0.25, 0.3) is 11.4 Å². The largest absolute Gasteiger partial charge is 0.497 e. The van der Waals surface area contributed by atoms with Gasteiger partial charge in [-0.25, -0.2) is 4.98 Å². The van der Waals surface area contributed by atoms with Crippen molar-refractivity contribution in [3.05, 3.63) is 45.9 Å². The van der Waals surface area contributed by atoms with Crippen LogP contribution in [-0.2, 0) is 17.8 Å². The summed E-state index contributed by atoms with van der Waals surface area (Å²) >= 11 is 0. The lowest BCUT2D eigenvalue weighted by Crippen LogP contribution is -2.39. The van der Waals surface area contributed by atoms with E-state index in [0.29, 0.717) is 43.1 Å². The summed E-state index contributed by atoms with van der Waals surface area (Å²) < 4.78 is 5.22. The molecule has 1 N–H and O–H groups in total. The van der Waals surface area contributed by atoms with Crippen molar-refractivity contribution in [2.45, 2.75) is 32.7 Å². The molecule has 0 unspecified atom stereocenters. The van der Waals surface area contributed by atoms with Crippen molar-refractivity contribution in [1.29, 1.82) is 0 Å². The fourth-order valence-corrected chi connectivity index (χ4v) is 2.92. The molecule has 0 fully saturated rings. The smallest absolute Gasteiger partial charge is 0.256 e. The number of fused-ring (bicyclic) bond motifs is 1. The van der Waals surface area contributed by atoms with Gasteiger partial charge in [0, 0.05) is 24.9 Å². The van der Waals surface area contributed by atoms with E-state index in [9.17, 15) is 9.59 Å². The van der Waals surface area contributed by atoms with Gasteiger partial charge in [0.2, 0.25) is 5.91 Å². The molecule has 1 aromatic carbocycles. The van der Waals surface area contributed by atoms with E-state index >= 15 is 0 Å². The Morgan fingerprint density at radius 1 is 1.42 bits per heavy atom. The Morgan fingerprint density at radius 3 is 3.00 bits per heavy atom. The van der Waals surface area contributed by atoms with Crippen LogP contribution in [0.2, 0.25) is 0 Å². The third-order valence-corrected chi connectivity index (χ3v) is 4.23. The van der Waals surface area contributed by atoms with Crippen molar-refractivity contribution in [2.24, 2.45) is 0 Å². The minimum Gasteiger partial charge on any atom is -0.497 e. The zero-order valence-electron chi connectivity index (χ0n) is 14.0. The van der Waals surface area contributed by atoms with Crippen molar-refractivity contribution < 1.29 is 9.53 Å². The van der Waals surface area contributed by atoms with Crippen molar-refractivity contribution in [3.63, 3.8) is 0 Å². The number of carbonyl (C=O) groups excluding carboxylic acids is 1. The van der Waals surface area contributed by atoms with Crippen LogP contribution in [0.15, 0.2) is 29.1 Å². The van der Waals surface area contributed by atoms with Crippen LogP contribution in [0.1, 0.15) is 31.0 Å². The number of ether oxygens (including phenoxy) is 1. The zero-order valence-corrected chi connectivity index (χ0v) is 14.0. The fourth-order valence-electron chi connectivity index (χ4n) is 2.92. The third kappa shape index (κ3) is 3.18. The average Bonchev–Trinajstić information content (AvgIpc) is 2.61. The number of carbonyl (C=O) groups is 1. The molecule has 126 valence electrons. The Bertz CT molecular complexity index is 813. The molecule has 1 aliphatic rings. The third-order valence-electron chi connectivity index (χ3n) is 4.23. The topological polar surface area (TPSA) is 75.3 Å². The lowest BCUT2D eigenvalue weighted by molar-refractivity contribution is -0.132. The molecule has 2 aromatic rings. The van der Waals surface area contributed by atoms with Crippen LogP contribution in [0.5, 0.6) is 5.75 Å². The molecule has 1 aromatic heterocycles. The molecule has 2 heterocycles. The quantitative estimate of drug-likeness (QED) is 0.933. The highest BCUT2D eigenvalue weighted by Crippen LogP contribution is 2.22. The Morgan fingerprint density at radius 2 is 2.25 bits per heavy atom. The zero-order chi connectivity index (χ0) is 17.1. The molecular weight excluding hydrogens is 306 g/mol. The van der Waals surface area contributed by atoms with Gasteiger partial charge in [0.1, 0.15) is 11.6 Å². The summed E-state index contributed by atoms with van der Waals surface area (Å²) in [6, 6.07) is 7.42. The summed E-state index contributed by atoms with van der Waals surface area (Å²) in [5.41, 5.74) is 2.00. The number of H-pyrrole nitrogens is 1. The van der Waals surface area contributed by atoms with Crippen molar-refractivity contribution >= 4 is 5.91 Å². The van der Waals surface area contributed by atoms with E-state index < -0.39 is 0 Å². The van der Waals surface area contributed by atoms with E-state index in [-0.39, 0.29) is 11.5 Å². The average molecular weight is 327 g/mol. The summed E-state index contributed by atoms with van der Waals surface area (Å²) in [5, 5.41) is 0. The molecule has 6 heteroatoms. The number of hydrogen-bond donors (Lipinski definition) is 1. The Balaban J connectivity index is 1.92. The number of methoxy groups -OCH3 is 1. The first-order valence-corrected chi connectivity index (χ1v) is 8.16. The monoisotopic (exact) mass is 327 g/mol. The van der Waals surface area contributed by atoms with Gasteiger partial charge in [-0.15, -0.1) is 0 Å². The van der Waals surface area contributed by atoms with Gasteiger partial charge in [-0.05, 0) is 18.6 Å². The predicted molar refractivity (Wildman–Crippen MR) is 90.9 cm³/mol. The first kappa shape index (κ1) is 16.2. The molecule has 0 aliphatic carbocycles. The normalized spacial score (nSPS) is 13.5. The summed E-state index contributed by atoms with van der Waals surface area (Å²) in [6.45, 7) is 2.93. The van der Waals surface area contributed by atoms with E-state index in [1.807, 2.05) is 31.2 Å². The maximum absolute atomic E-state index is 12.5. The van der Waals surface area contributed by atoms with E-state index in [1.165, 1.54) is 0 Å². The Hall–Kier alpha value is -2.63. The number of hydrogen-bond acceptors (Lipinski definition) is 4. The first-order valence-electron chi connectivity index (χ1n) is 8.16. The summed E-state index contributed by atoms with van der Waals surface area (Å²) in [5.74, 6) is 1.34. The second kappa shape index (κ2) is 6.86. The van der Waals surface area contributed by atoms with Gasteiger partial charge in [0.05, 0.1) is 24.9 Å². The van der Waals surface area contributed by atoms with E-state index in [0.717, 1.165) is 17.7 Å². The molecule has 3 rings (SSSR count). The summed E-state index contributed by atoms with van der Waals surface area (Å²) in [7, 11) is 1.60. The highest BCUT2D eigenvalue weighted by Gasteiger charge is 2.24. The molecule has 0 spiro atoms. The van der Waals surface area contributed by atoms with Crippen molar-refractivity contribution in [3.8, 4) is 17.1 Å². The summed E-state index contributed by atoms with van der Waals surface area (Å²) in [6.07, 6.45) is 1.93. The van der Waals surface area contributed by atoms with E-state index in [2.05, 4.69) is 9.97 Å². The van der Waals surface area contributed by atoms with Gasteiger partial charge >= 0.3 is 0 Å². The van der Waals surface area contributed by atoms with Gasteiger partial charge in [0.25, 0.3) is 5.56 Å². The lowest BCUT2D eigenvalue weighted by atomic mass is 10.1. The standard InChI is InChI=1S/C18H21N3O3/c1-3-5-16(22)21-9-8-15-14(11-21)18(23)20-17(19-15)12-6-4-7-13(10-12)24-2/h4,6-7,10H,3,5,8-9,11H2,1-2H3,(H,19,20,23). The lowest BCUT2D eigenvalue weighted by Gasteiger charge is -2.27. The Kier molecular flexibility index (Phi) is 4.64. The molecule has 0 saturated carbocycles. The van der Waals surface area contributed by atoms with Crippen LogP contribution in [0, 0.1) is 0 Å². The number of rotatable bonds is 4. The molecular formula is C18H21N3O3. The predicted octanol–water partition coefficient (Wildman–Crippen LogP) is 2.13. The molecule has 1 amide bonds. The first-order chi connectivity index (χ1) is 11.6. The van der Waals surface area contributed by atoms with Crippen LogP contribution >= 0.6 is 0 Å². The molecule has 0 radical (unpaired) electrons. The van der Waals surface area contributed by atoms with Crippen LogP contribution in [0.4, 0.5) is 0 Å². The number of amides is 1. The number of aromatic amines is 1. The molecule has 24 heavy (non-hydrogen) atoms. The van der Waals surface area contributed by atoms with E-state index in [1.54, 1.807) is 12.0 Å². The number of benzene rings is 1.